The Morgan fingerprint density at radius 3 is 2.53 bits per heavy atom. The number of carbonyl (C=O) groups is 1. The van der Waals surface area contributed by atoms with Gasteiger partial charge in [-0.3, -0.25) is 4.79 Å². The van der Waals surface area contributed by atoms with Crippen molar-refractivity contribution in [3.8, 4) is 17.3 Å². The van der Waals surface area contributed by atoms with Crippen LogP contribution in [0.4, 0.5) is 4.39 Å². The number of aryl methyl sites for hydroxylation is 1. The molecule has 1 aromatic carbocycles. The van der Waals surface area contributed by atoms with Gasteiger partial charge in [-0.1, -0.05) is 17.3 Å². The third kappa shape index (κ3) is 3.82. The number of benzene rings is 1. The Morgan fingerprint density at radius 2 is 1.90 bits per heavy atom. The summed E-state index contributed by atoms with van der Waals surface area (Å²) in [7, 11) is 0. The summed E-state index contributed by atoms with van der Waals surface area (Å²) in [5, 5.41) is 11.0. The summed E-state index contributed by atoms with van der Waals surface area (Å²) in [5.74, 6) is 0.898. The number of hydrogen-bond donors (Lipinski definition) is 1. The number of amides is 1. The van der Waals surface area contributed by atoms with Crippen molar-refractivity contribution in [2.45, 2.75) is 26.8 Å². The normalized spacial score (nSPS) is 12.0. The van der Waals surface area contributed by atoms with Crippen LogP contribution in [0.3, 0.4) is 0 Å². The van der Waals surface area contributed by atoms with Crippen molar-refractivity contribution in [1.29, 1.82) is 0 Å². The van der Waals surface area contributed by atoms with Crippen LogP contribution in [0.1, 0.15) is 40.4 Å². The third-order valence-electron chi connectivity index (χ3n) is 4.71. The van der Waals surface area contributed by atoms with Crippen molar-refractivity contribution in [2.75, 3.05) is 0 Å². The summed E-state index contributed by atoms with van der Waals surface area (Å²) < 4.78 is 19.8. The van der Waals surface area contributed by atoms with Gasteiger partial charge in [0.25, 0.3) is 11.8 Å². The predicted molar refractivity (Wildman–Crippen MR) is 106 cm³/mol. The smallest absolute Gasteiger partial charge is 0.259 e. The number of nitrogens with zero attached hydrogens (tertiary/aromatic N) is 5. The van der Waals surface area contributed by atoms with Crippen LogP contribution in [0.5, 0.6) is 0 Å². The lowest BCUT2D eigenvalue weighted by molar-refractivity contribution is 0.0939. The first-order valence-electron chi connectivity index (χ1n) is 9.30. The van der Waals surface area contributed by atoms with Crippen LogP contribution in [-0.4, -0.2) is 30.8 Å². The summed E-state index contributed by atoms with van der Waals surface area (Å²) in [4.78, 5) is 21.3. The molecule has 0 saturated carbocycles. The van der Waals surface area contributed by atoms with Gasteiger partial charge < -0.3 is 9.84 Å². The Hall–Kier alpha value is -3.88. The van der Waals surface area contributed by atoms with Gasteiger partial charge in [0.2, 0.25) is 0 Å². The van der Waals surface area contributed by atoms with Crippen molar-refractivity contribution >= 4 is 5.91 Å². The average molecular weight is 406 g/mol. The number of halogens is 1. The minimum absolute atomic E-state index is 0.270. The van der Waals surface area contributed by atoms with E-state index < -0.39 is 0 Å². The average Bonchev–Trinajstić information content (AvgIpc) is 3.34. The molecular weight excluding hydrogens is 387 g/mol. The van der Waals surface area contributed by atoms with Crippen LogP contribution >= 0.6 is 0 Å². The predicted octanol–water partition coefficient (Wildman–Crippen LogP) is 3.56. The molecule has 0 saturated heterocycles. The van der Waals surface area contributed by atoms with Gasteiger partial charge in [-0.15, -0.1) is 0 Å². The maximum absolute atomic E-state index is 13.1. The largest absolute Gasteiger partial charge is 0.345 e. The summed E-state index contributed by atoms with van der Waals surface area (Å²) in [5.41, 5.74) is 2.58. The maximum atomic E-state index is 13.1. The van der Waals surface area contributed by atoms with E-state index in [2.05, 4.69) is 25.5 Å². The number of carbonyl (C=O) groups excluding carboxylic acids is 1. The van der Waals surface area contributed by atoms with Gasteiger partial charge in [-0.2, -0.15) is 10.1 Å². The molecule has 3 heterocycles. The second kappa shape index (κ2) is 7.86. The van der Waals surface area contributed by atoms with E-state index in [1.807, 2.05) is 6.92 Å². The summed E-state index contributed by atoms with van der Waals surface area (Å²) >= 11 is 0. The van der Waals surface area contributed by atoms with Gasteiger partial charge in [-0.05, 0) is 50.6 Å². The van der Waals surface area contributed by atoms with Crippen molar-refractivity contribution in [3.05, 3.63) is 77.3 Å². The highest BCUT2D eigenvalue weighted by molar-refractivity contribution is 5.95. The highest BCUT2D eigenvalue weighted by Gasteiger charge is 2.18. The second-order valence-corrected chi connectivity index (χ2v) is 6.85. The number of aromatic nitrogens is 5. The SMILES string of the molecule is Cc1noc(-c2ccc(-n3ncc(C(=O)N[C@H](C)c4ccc(F)cc4)c3C)nc2)n1. The first kappa shape index (κ1) is 19.4. The molecule has 152 valence electrons. The minimum atomic E-state index is -0.317. The first-order chi connectivity index (χ1) is 14.4. The zero-order valence-electron chi connectivity index (χ0n) is 16.6. The molecule has 8 nitrogen and oxygen atoms in total. The third-order valence-corrected chi connectivity index (χ3v) is 4.71. The van der Waals surface area contributed by atoms with Gasteiger partial charge >= 0.3 is 0 Å². The van der Waals surface area contributed by atoms with E-state index in [1.165, 1.54) is 18.3 Å². The fraction of sp³-hybridized carbons (Fsp3) is 0.190. The monoisotopic (exact) mass is 406 g/mol. The van der Waals surface area contributed by atoms with Crippen LogP contribution in [0.2, 0.25) is 0 Å². The van der Waals surface area contributed by atoms with Crippen molar-refractivity contribution in [2.24, 2.45) is 0 Å². The number of nitrogens with one attached hydrogen (secondary N) is 1. The summed E-state index contributed by atoms with van der Waals surface area (Å²) in [6.07, 6.45) is 3.11. The number of rotatable bonds is 5. The second-order valence-electron chi connectivity index (χ2n) is 6.85. The van der Waals surface area contributed by atoms with Crippen LogP contribution < -0.4 is 5.32 Å². The van der Waals surface area contributed by atoms with Crippen LogP contribution in [-0.2, 0) is 0 Å². The van der Waals surface area contributed by atoms with Crippen molar-refractivity contribution < 1.29 is 13.7 Å². The standard InChI is InChI=1S/C21H19FN6O2/c1-12(15-4-7-17(22)8-5-15)25-20(29)18-11-24-28(13(18)2)19-9-6-16(10-23-19)21-26-14(3)27-30-21/h4-12H,1-3H3,(H,25,29)/t12-/m1/s1. The highest BCUT2D eigenvalue weighted by Crippen LogP contribution is 2.19. The molecule has 30 heavy (non-hydrogen) atoms. The van der Waals surface area contributed by atoms with Crippen LogP contribution in [0.25, 0.3) is 17.3 Å². The van der Waals surface area contributed by atoms with Crippen molar-refractivity contribution in [1.82, 2.24) is 30.2 Å². The first-order valence-corrected chi connectivity index (χ1v) is 9.30. The van der Waals surface area contributed by atoms with Gasteiger partial charge in [-0.25, -0.2) is 14.1 Å². The molecule has 0 bridgehead atoms. The summed E-state index contributed by atoms with van der Waals surface area (Å²) in [6, 6.07) is 9.30. The Morgan fingerprint density at radius 1 is 1.13 bits per heavy atom. The number of hydrogen-bond acceptors (Lipinski definition) is 6. The van der Waals surface area contributed by atoms with E-state index >= 15 is 0 Å². The molecule has 0 unspecified atom stereocenters. The molecule has 0 fully saturated rings. The molecule has 0 radical (unpaired) electrons. The molecule has 0 aliphatic heterocycles. The van der Waals surface area contributed by atoms with Crippen LogP contribution in [0.15, 0.2) is 53.3 Å². The van der Waals surface area contributed by atoms with E-state index in [0.29, 0.717) is 34.4 Å². The van der Waals surface area contributed by atoms with E-state index in [4.69, 9.17) is 4.52 Å². The van der Waals surface area contributed by atoms with E-state index in [-0.39, 0.29) is 17.8 Å². The summed E-state index contributed by atoms with van der Waals surface area (Å²) in [6.45, 7) is 5.37. The Kier molecular flexibility index (Phi) is 5.09. The highest BCUT2D eigenvalue weighted by atomic mass is 19.1. The Bertz CT molecular complexity index is 1180. The van der Waals surface area contributed by atoms with E-state index in [0.717, 1.165) is 5.56 Å². The fourth-order valence-corrected chi connectivity index (χ4v) is 3.02. The molecule has 0 spiro atoms. The molecule has 1 N–H and O–H groups in total. The number of pyridine rings is 1. The molecule has 9 heteroatoms. The minimum Gasteiger partial charge on any atom is -0.345 e. The quantitative estimate of drug-likeness (QED) is 0.544. The van der Waals surface area contributed by atoms with E-state index in [9.17, 15) is 9.18 Å². The molecule has 0 aliphatic rings. The molecule has 4 aromatic rings. The Labute approximate surface area is 171 Å². The van der Waals surface area contributed by atoms with Gasteiger partial charge in [0, 0.05) is 6.20 Å². The molecule has 1 amide bonds. The van der Waals surface area contributed by atoms with Crippen molar-refractivity contribution in [3.63, 3.8) is 0 Å². The zero-order valence-corrected chi connectivity index (χ0v) is 16.6. The fourth-order valence-electron chi connectivity index (χ4n) is 3.02. The van der Waals surface area contributed by atoms with Crippen LogP contribution in [0, 0.1) is 19.7 Å². The lowest BCUT2D eigenvalue weighted by Gasteiger charge is -2.14. The topological polar surface area (TPSA) is 98.7 Å². The van der Waals surface area contributed by atoms with Gasteiger partial charge in [0.05, 0.1) is 29.1 Å². The molecule has 3 aromatic heterocycles. The molecule has 4 rings (SSSR count). The molecular formula is C21H19FN6O2. The Balaban J connectivity index is 1.51. The van der Waals surface area contributed by atoms with Gasteiger partial charge in [0.15, 0.2) is 11.6 Å². The lowest BCUT2D eigenvalue weighted by atomic mass is 10.1. The molecule has 1 atom stereocenters. The maximum Gasteiger partial charge on any atom is 0.259 e. The zero-order chi connectivity index (χ0) is 21.3. The van der Waals surface area contributed by atoms with E-state index in [1.54, 1.807) is 49.0 Å². The molecule has 0 aliphatic carbocycles. The lowest BCUT2D eigenvalue weighted by Crippen LogP contribution is -2.27. The van der Waals surface area contributed by atoms with Gasteiger partial charge in [0.1, 0.15) is 5.82 Å².